The van der Waals surface area contributed by atoms with Crippen LogP contribution < -0.4 is 0 Å². The summed E-state index contributed by atoms with van der Waals surface area (Å²) in [7, 11) is 0. The zero-order valence-electron chi connectivity index (χ0n) is 11.1. The van der Waals surface area contributed by atoms with Crippen molar-refractivity contribution in [2.45, 2.75) is 46.3 Å². The molecule has 0 aliphatic rings. The van der Waals surface area contributed by atoms with Crippen molar-refractivity contribution < 1.29 is 5.11 Å². The van der Waals surface area contributed by atoms with E-state index in [2.05, 4.69) is 31.0 Å². The molecule has 17 heavy (non-hydrogen) atoms. The molecule has 2 heteroatoms. The van der Waals surface area contributed by atoms with Crippen LogP contribution in [0.1, 0.15) is 39.2 Å². The molecule has 0 bridgehead atoms. The molecule has 0 spiro atoms. The second kappa shape index (κ2) is 7.23. The molecule has 1 aromatic carbocycles. The molecule has 94 valence electrons. The highest BCUT2D eigenvalue weighted by Gasteiger charge is 2.07. The standard InChI is InChI=1S/C15H23NO/c1-12(9-10-13(2)17)14(3)16-11-15-7-5-4-6-8-15/h4-8,12-13,17H,9-11H2,1-3H3. The number of hydrogen-bond acceptors (Lipinski definition) is 2. The van der Waals surface area contributed by atoms with E-state index in [9.17, 15) is 5.11 Å². The van der Waals surface area contributed by atoms with Gasteiger partial charge in [0.25, 0.3) is 0 Å². The first kappa shape index (κ1) is 13.9. The summed E-state index contributed by atoms with van der Waals surface area (Å²) in [6.07, 6.45) is 1.64. The lowest BCUT2D eigenvalue weighted by Crippen LogP contribution is -2.11. The molecular weight excluding hydrogens is 210 g/mol. The molecule has 0 radical (unpaired) electrons. The van der Waals surface area contributed by atoms with Gasteiger partial charge < -0.3 is 5.11 Å². The number of aliphatic hydroxyl groups is 1. The van der Waals surface area contributed by atoms with E-state index >= 15 is 0 Å². The molecule has 2 atom stereocenters. The van der Waals surface area contributed by atoms with Crippen molar-refractivity contribution in [2.75, 3.05) is 0 Å². The minimum Gasteiger partial charge on any atom is -0.393 e. The average molecular weight is 233 g/mol. The monoisotopic (exact) mass is 233 g/mol. The maximum absolute atomic E-state index is 9.25. The molecule has 0 saturated carbocycles. The first-order chi connectivity index (χ1) is 8.09. The van der Waals surface area contributed by atoms with Crippen LogP contribution in [0.15, 0.2) is 35.3 Å². The highest BCUT2D eigenvalue weighted by Crippen LogP contribution is 2.11. The first-order valence-corrected chi connectivity index (χ1v) is 6.32. The van der Waals surface area contributed by atoms with Gasteiger partial charge in [0.2, 0.25) is 0 Å². The Bertz CT molecular complexity index is 343. The fourth-order valence-corrected chi connectivity index (χ4v) is 1.66. The maximum Gasteiger partial charge on any atom is 0.0639 e. The van der Waals surface area contributed by atoms with Crippen molar-refractivity contribution in [3.8, 4) is 0 Å². The summed E-state index contributed by atoms with van der Waals surface area (Å²) in [5, 5.41) is 9.25. The minimum atomic E-state index is -0.209. The summed E-state index contributed by atoms with van der Waals surface area (Å²) in [5.41, 5.74) is 2.42. The summed E-state index contributed by atoms with van der Waals surface area (Å²) in [6, 6.07) is 10.3. The lowest BCUT2D eigenvalue weighted by Gasteiger charge is -2.12. The van der Waals surface area contributed by atoms with Crippen LogP contribution >= 0.6 is 0 Å². The minimum absolute atomic E-state index is 0.209. The van der Waals surface area contributed by atoms with Crippen molar-refractivity contribution in [1.29, 1.82) is 0 Å². The third kappa shape index (κ3) is 5.64. The van der Waals surface area contributed by atoms with Crippen LogP contribution in [0.3, 0.4) is 0 Å². The predicted octanol–water partition coefficient (Wildman–Crippen LogP) is 3.44. The Morgan fingerprint density at radius 1 is 1.18 bits per heavy atom. The van der Waals surface area contributed by atoms with E-state index in [4.69, 9.17) is 0 Å². The van der Waals surface area contributed by atoms with Gasteiger partial charge in [0.1, 0.15) is 0 Å². The molecule has 0 aliphatic heterocycles. The van der Waals surface area contributed by atoms with Gasteiger partial charge in [0.05, 0.1) is 12.6 Å². The number of nitrogens with zero attached hydrogens (tertiary/aromatic N) is 1. The first-order valence-electron chi connectivity index (χ1n) is 6.32. The van der Waals surface area contributed by atoms with Crippen molar-refractivity contribution in [2.24, 2.45) is 10.9 Å². The Morgan fingerprint density at radius 2 is 1.82 bits per heavy atom. The Labute approximate surface area is 104 Å². The predicted molar refractivity (Wildman–Crippen MR) is 73.3 cm³/mol. The van der Waals surface area contributed by atoms with Crippen LogP contribution in [0.5, 0.6) is 0 Å². The second-order valence-corrected chi connectivity index (χ2v) is 4.77. The van der Waals surface area contributed by atoms with Gasteiger partial charge >= 0.3 is 0 Å². The Balaban J connectivity index is 2.43. The molecule has 0 saturated heterocycles. The topological polar surface area (TPSA) is 32.6 Å². The summed E-state index contributed by atoms with van der Waals surface area (Å²) in [5.74, 6) is 0.452. The van der Waals surface area contributed by atoms with E-state index in [1.54, 1.807) is 0 Å². The van der Waals surface area contributed by atoms with Gasteiger partial charge in [-0.3, -0.25) is 4.99 Å². The third-order valence-corrected chi connectivity index (χ3v) is 3.08. The normalized spacial score (nSPS) is 15.6. The fourth-order valence-electron chi connectivity index (χ4n) is 1.66. The Hall–Kier alpha value is -1.15. The smallest absolute Gasteiger partial charge is 0.0639 e. The number of hydrogen-bond donors (Lipinski definition) is 1. The van der Waals surface area contributed by atoms with Crippen LogP contribution in [0.2, 0.25) is 0 Å². The average Bonchev–Trinajstić information content (AvgIpc) is 2.34. The van der Waals surface area contributed by atoms with Crippen LogP contribution in [-0.4, -0.2) is 16.9 Å². The van der Waals surface area contributed by atoms with E-state index in [1.807, 2.05) is 25.1 Å². The van der Waals surface area contributed by atoms with Crippen LogP contribution in [0.4, 0.5) is 0 Å². The largest absolute Gasteiger partial charge is 0.393 e. The van der Waals surface area contributed by atoms with Crippen molar-refractivity contribution in [3.63, 3.8) is 0 Å². The molecule has 1 N–H and O–H groups in total. The SMILES string of the molecule is CC(=NCc1ccccc1)C(C)CCC(C)O. The van der Waals surface area contributed by atoms with Gasteiger partial charge in [-0.05, 0) is 38.2 Å². The van der Waals surface area contributed by atoms with Crippen molar-refractivity contribution >= 4 is 5.71 Å². The number of benzene rings is 1. The van der Waals surface area contributed by atoms with Gasteiger partial charge in [-0.1, -0.05) is 37.3 Å². The number of aliphatic imine (C=N–C) groups is 1. The lowest BCUT2D eigenvalue weighted by atomic mass is 9.99. The zero-order valence-corrected chi connectivity index (χ0v) is 11.1. The molecule has 0 heterocycles. The van der Waals surface area contributed by atoms with Gasteiger partial charge in [-0.25, -0.2) is 0 Å². The molecule has 2 unspecified atom stereocenters. The molecule has 1 aromatic rings. The van der Waals surface area contributed by atoms with Gasteiger partial charge in [-0.15, -0.1) is 0 Å². The van der Waals surface area contributed by atoms with Crippen LogP contribution in [-0.2, 0) is 6.54 Å². The second-order valence-electron chi connectivity index (χ2n) is 4.77. The molecule has 2 nitrogen and oxygen atoms in total. The van der Waals surface area contributed by atoms with E-state index in [0.717, 1.165) is 19.4 Å². The summed E-state index contributed by atoms with van der Waals surface area (Å²) < 4.78 is 0. The number of aliphatic hydroxyl groups excluding tert-OH is 1. The molecule has 0 aliphatic carbocycles. The van der Waals surface area contributed by atoms with Crippen LogP contribution in [0.25, 0.3) is 0 Å². The molecule has 0 aromatic heterocycles. The zero-order chi connectivity index (χ0) is 12.7. The molecular formula is C15H23NO. The van der Waals surface area contributed by atoms with E-state index in [0.29, 0.717) is 5.92 Å². The summed E-state index contributed by atoms with van der Waals surface area (Å²) in [6.45, 7) is 6.84. The summed E-state index contributed by atoms with van der Waals surface area (Å²) in [4.78, 5) is 4.61. The summed E-state index contributed by atoms with van der Waals surface area (Å²) >= 11 is 0. The Morgan fingerprint density at radius 3 is 2.41 bits per heavy atom. The van der Waals surface area contributed by atoms with Crippen LogP contribution in [0, 0.1) is 5.92 Å². The van der Waals surface area contributed by atoms with Gasteiger partial charge in [0, 0.05) is 5.71 Å². The quantitative estimate of drug-likeness (QED) is 0.750. The number of rotatable bonds is 6. The van der Waals surface area contributed by atoms with E-state index < -0.39 is 0 Å². The third-order valence-electron chi connectivity index (χ3n) is 3.08. The molecule has 1 rings (SSSR count). The fraction of sp³-hybridized carbons (Fsp3) is 0.533. The van der Waals surface area contributed by atoms with Gasteiger partial charge in [-0.2, -0.15) is 0 Å². The Kier molecular flexibility index (Phi) is 5.92. The van der Waals surface area contributed by atoms with Crippen molar-refractivity contribution in [1.82, 2.24) is 0 Å². The van der Waals surface area contributed by atoms with E-state index in [1.165, 1.54) is 11.3 Å². The van der Waals surface area contributed by atoms with Crippen molar-refractivity contribution in [3.05, 3.63) is 35.9 Å². The lowest BCUT2D eigenvalue weighted by molar-refractivity contribution is 0.178. The van der Waals surface area contributed by atoms with Gasteiger partial charge in [0.15, 0.2) is 0 Å². The highest BCUT2D eigenvalue weighted by molar-refractivity contribution is 5.84. The maximum atomic E-state index is 9.25. The highest BCUT2D eigenvalue weighted by atomic mass is 16.3. The molecule has 0 amide bonds. The molecule has 0 fully saturated rings. The van der Waals surface area contributed by atoms with E-state index in [-0.39, 0.29) is 6.10 Å².